The first-order valence-electron chi connectivity index (χ1n) is 7.47. The minimum atomic E-state index is 0.490. The maximum absolute atomic E-state index is 4.69. The lowest BCUT2D eigenvalue weighted by atomic mass is 10.2. The molecule has 4 heteroatoms. The van der Waals surface area contributed by atoms with Gasteiger partial charge in [-0.15, -0.1) is 0 Å². The molecule has 1 aromatic heterocycles. The molecule has 0 aliphatic carbocycles. The Kier molecular flexibility index (Phi) is 5.14. The molecule has 0 bridgehead atoms. The molecule has 0 aromatic carbocycles. The summed E-state index contributed by atoms with van der Waals surface area (Å²) in [5.41, 5.74) is 2.30. The van der Waals surface area contributed by atoms with Gasteiger partial charge in [0, 0.05) is 43.1 Å². The van der Waals surface area contributed by atoms with E-state index in [1.54, 1.807) is 0 Å². The molecule has 2 rings (SSSR count). The van der Waals surface area contributed by atoms with Crippen LogP contribution in [-0.2, 0) is 6.54 Å². The van der Waals surface area contributed by atoms with E-state index in [1.807, 2.05) is 6.20 Å². The Morgan fingerprint density at radius 2 is 1.89 bits per heavy atom. The molecule has 1 aromatic rings. The summed E-state index contributed by atoms with van der Waals surface area (Å²) in [6, 6.07) is 0.490. The summed E-state index contributed by atoms with van der Waals surface area (Å²) in [7, 11) is 0. The maximum atomic E-state index is 4.69. The summed E-state index contributed by atoms with van der Waals surface area (Å²) < 4.78 is 0. The van der Waals surface area contributed by atoms with Crippen LogP contribution >= 0.6 is 0 Å². The van der Waals surface area contributed by atoms with Crippen LogP contribution in [0.4, 0.5) is 5.95 Å². The average Bonchev–Trinajstić information content (AvgIpc) is 2.66. The number of aromatic nitrogens is 2. The lowest BCUT2D eigenvalue weighted by molar-refractivity contribution is 0.584. The molecule has 1 fully saturated rings. The molecule has 1 saturated heterocycles. The van der Waals surface area contributed by atoms with Gasteiger partial charge in [-0.2, -0.15) is 0 Å². The van der Waals surface area contributed by atoms with Crippen molar-refractivity contribution >= 4 is 5.95 Å². The molecule has 1 aliphatic heterocycles. The Labute approximate surface area is 116 Å². The molecule has 0 unspecified atom stereocenters. The third-order valence-electron chi connectivity index (χ3n) is 3.66. The second-order valence-corrected chi connectivity index (χ2v) is 5.72. The highest BCUT2D eigenvalue weighted by molar-refractivity contribution is 5.33. The number of hydrogen-bond acceptors (Lipinski definition) is 4. The van der Waals surface area contributed by atoms with Gasteiger partial charge >= 0.3 is 0 Å². The molecule has 0 radical (unpaired) electrons. The van der Waals surface area contributed by atoms with E-state index in [2.05, 4.69) is 36.0 Å². The van der Waals surface area contributed by atoms with Gasteiger partial charge in [0.2, 0.25) is 5.95 Å². The zero-order valence-electron chi connectivity index (χ0n) is 12.4. The van der Waals surface area contributed by atoms with Crippen LogP contribution in [0.15, 0.2) is 6.20 Å². The minimum Gasteiger partial charge on any atom is -0.341 e. The second-order valence-electron chi connectivity index (χ2n) is 5.72. The van der Waals surface area contributed by atoms with Gasteiger partial charge in [0.05, 0.1) is 0 Å². The second kappa shape index (κ2) is 6.85. The van der Waals surface area contributed by atoms with Crippen LogP contribution in [0.25, 0.3) is 0 Å². The molecule has 2 heterocycles. The summed E-state index contributed by atoms with van der Waals surface area (Å²) in [6.07, 6.45) is 7.19. The van der Waals surface area contributed by atoms with Crippen LogP contribution in [0.3, 0.4) is 0 Å². The molecule has 0 atom stereocenters. The number of nitrogens with zero attached hydrogens (tertiary/aromatic N) is 3. The Bertz CT molecular complexity index is 395. The van der Waals surface area contributed by atoms with Crippen molar-refractivity contribution < 1.29 is 0 Å². The van der Waals surface area contributed by atoms with E-state index in [0.717, 1.165) is 31.3 Å². The van der Waals surface area contributed by atoms with Crippen molar-refractivity contribution in [2.45, 2.75) is 59.0 Å². The average molecular weight is 262 g/mol. The standard InChI is InChI=1S/C15H26N4/c1-12(2)16-10-14-11-17-15(18-13(14)3)19-8-6-4-5-7-9-19/h11-12,16H,4-10H2,1-3H3. The fourth-order valence-corrected chi connectivity index (χ4v) is 2.39. The van der Waals surface area contributed by atoms with E-state index in [-0.39, 0.29) is 0 Å². The van der Waals surface area contributed by atoms with Gasteiger partial charge < -0.3 is 10.2 Å². The summed E-state index contributed by atoms with van der Waals surface area (Å²) in [4.78, 5) is 11.6. The Morgan fingerprint density at radius 3 is 2.47 bits per heavy atom. The van der Waals surface area contributed by atoms with E-state index < -0.39 is 0 Å². The number of nitrogens with one attached hydrogen (secondary N) is 1. The lowest BCUT2D eigenvalue weighted by Gasteiger charge is -2.21. The summed E-state index contributed by atoms with van der Waals surface area (Å²) in [5.74, 6) is 0.910. The van der Waals surface area contributed by atoms with Crippen LogP contribution in [0.2, 0.25) is 0 Å². The van der Waals surface area contributed by atoms with Crippen molar-refractivity contribution in [2.24, 2.45) is 0 Å². The van der Waals surface area contributed by atoms with Gasteiger partial charge in [0.25, 0.3) is 0 Å². The summed E-state index contributed by atoms with van der Waals surface area (Å²) in [6.45, 7) is 9.44. The quantitative estimate of drug-likeness (QED) is 0.905. The fourth-order valence-electron chi connectivity index (χ4n) is 2.39. The van der Waals surface area contributed by atoms with Gasteiger partial charge in [-0.1, -0.05) is 26.7 Å². The predicted molar refractivity (Wildman–Crippen MR) is 79.4 cm³/mol. The van der Waals surface area contributed by atoms with Crippen LogP contribution in [0, 0.1) is 6.92 Å². The smallest absolute Gasteiger partial charge is 0.225 e. The number of aryl methyl sites for hydroxylation is 1. The normalized spacial score (nSPS) is 16.7. The molecule has 106 valence electrons. The summed E-state index contributed by atoms with van der Waals surface area (Å²) in [5, 5.41) is 3.42. The van der Waals surface area contributed by atoms with E-state index in [1.165, 1.54) is 31.2 Å². The Balaban J connectivity index is 2.04. The van der Waals surface area contributed by atoms with Crippen LogP contribution < -0.4 is 10.2 Å². The van der Waals surface area contributed by atoms with Gasteiger partial charge in [-0.3, -0.25) is 0 Å². The van der Waals surface area contributed by atoms with Crippen molar-refractivity contribution in [3.63, 3.8) is 0 Å². The van der Waals surface area contributed by atoms with E-state index in [0.29, 0.717) is 6.04 Å². The van der Waals surface area contributed by atoms with Gasteiger partial charge in [-0.25, -0.2) is 9.97 Å². The zero-order chi connectivity index (χ0) is 13.7. The lowest BCUT2D eigenvalue weighted by Crippen LogP contribution is -2.27. The van der Waals surface area contributed by atoms with Crippen molar-refractivity contribution in [2.75, 3.05) is 18.0 Å². The minimum absolute atomic E-state index is 0.490. The van der Waals surface area contributed by atoms with E-state index >= 15 is 0 Å². The SMILES string of the molecule is Cc1nc(N2CCCCCC2)ncc1CNC(C)C. The highest BCUT2D eigenvalue weighted by Crippen LogP contribution is 2.16. The van der Waals surface area contributed by atoms with Crippen molar-refractivity contribution in [3.05, 3.63) is 17.5 Å². The van der Waals surface area contributed by atoms with Crippen LogP contribution in [0.1, 0.15) is 50.8 Å². The summed E-state index contributed by atoms with van der Waals surface area (Å²) >= 11 is 0. The number of rotatable bonds is 4. The van der Waals surface area contributed by atoms with Gasteiger partial charge in [0.15, 0.2) is 0 Å². The van der Waals surface area contributed by atoms with Crippen molar-refractivity contribution in [1.29, 1.82) is 0 Å². The molecular formula is C15H26N4. The molecule has 1 aliphatic rings. The molecular weight excluding hydrogens is 236 g/mol. The van der Waals surface area contributed by atoms with Gasteiger partial charge in [0.1, 0.15) is 0 Å². The fraction of sp³-hybridized carbons (Fsp3) is 0.733. The molecule has 0 spiro atoms. The third kappa shape index (κ3) is 4.16. The zero-order valence-corrected chi connectivity index (χ0v) is 12.4. The molecule has 0 amide bonds. The maximum Gasteiger partial charge on any atom is 0.225 e. The Morgan fingerprint density at radius 1 is 1.21 bits per heavy atom. The third-order valence-corrected chi connectivity index (χ3v) is 3.66. The predicted octanol–water partition coefficient (Wildman–Crippen LogP) is 2.66. The molecule has 1 N–H and O–H groups in total. The number of hydrogen-bond donors (Lipinski definition) is 1. The first-order chi connectivity index (χ1) is 9.16. The Hall–Kier alpha value is -1.16. The largest absolute Gasteiger partial charge is 0.341 e. The van der Waals surface area contributed by atoms with Gasteiger partial charge in [-0.05, 0) is 19.8 Å². The van der Waals surface area contributed by atoms with E-state index in [9.17, 15) is 0 Å². The monoisotopic (exact) mass is 262 g/mol. The van der Waals surface area contributed by atoms with Crippen molar-refractivity contribution in [3.8, 4) is 0 Å². The van der Waals surface area contributed by atoms with Crippen molar-refractivity contribution in [1.82, 2.24) is 15.3 Å². The van der Waals surface area contributed by atoms with Crippen LogP contribution in [-0.4, -0.2) is 29.1 Å². The molecule has 19 heavy (non-hydrogen) atoms. The van der Waals surface area contributed by atoms with E-state index in [4.69, 9.17) is 4.98 Å². The number of anilines is 1. The topological polar surface area (TPSA) is 41.1 Å². The van der Waals surface area contributed by atoms with Crippen LogP contribution in [0.5, 0.6) is 0 Å². The molecule has 4 nitrogen and oxygen atoms in total. The first-order valence-corrected chi connectivity index (χ1v) is 7.47. The molecule has 0 saturated carbocycles. The highest BCUT2D eigenvalue weighted by Gasteiger charge is 2.13. The highest BCUT2D eigenvalue weighted by atomic mass is 15.2. The first kappa shape index (κ1) is 14.3.